The van der Waals surface area contributed by atoms with Crippen molar-refractivity contribution in [3.8, 4) is 11.5 Å². The lowest BCUT2D eigenvalue weighted by atomic mass is 9.91. The van der Waals surface area contributed by atoms with Gasteiger partial charge in [-0.1, -0.05) is 0 Å². The fourth-order valence-electron chi connectivity index (χ4n) is 3.23. The van der Waals surface area contributed by atoms with Crippen LogP contribution in [0.2, 0.25) is 0 Å². The maximum Gasteiger partial charge on any atom is 0.231 e. The third kappa shape index (κ3) is 1.52. The predicted molar refractivity (Wildman–Crippen MR) is 65.9 cm³/mol. The molecule has 0 saturated carbocycles. The molecular weight excluding hydrogens is 230 g/mol. The molecule has 1 N–H and O–H groups in total. The highest BCUT2D eigenvalue weighted by Crippen LogP contribution is 2.44. The number of ether oxygens (including phenoxy) is 3. The molecule has 0 bridgehead atoms. The Morgan fingerprint density at radius 1 is 1.22 bits per heavy atom. The van der Waals surface area contributed by atoms with Crippen molar-refractivity contribution in [2.24, 2.45) is 0 Å². The Bertz CT molecular complexity index is 480. The van der Waals surface area contributed by atoms with Gasteiger partial charge >= 0.3 is 0 Å². The second-order valence-corrected chi connectivity index (χ2v) is 5.11. The van der Waals surface area contributed by atoms with Crippen molar-refractivity contribution in [3.63, 3.8) is 0 Å². The van der Waals surface area contributed by atoms with Crippen LogP contribution < -0.4 is 14.8 Å². The molecule has 0 aromatic heterocycles. The van der Waals surface area contributed by atoms with Crippen molar-refractivity contribution in [1.29, 1.82) is 0 Å². The zero-order valence-corrected chi connectivity index (χ0v) is 10.3. The van der Waals surface area contributed by atoms with Gasteiger partial charge in [0.1, 0.15) is 0 Å². The van der Waals surface area contributed by atoms with E-state index in [9.17, 15) is 0 Å². The van der Waals surface area contributed by atoms with Crippen LogP contribution in [0.25, 0.3) is 0 Å². The fraction of sp³-hybridized carbons (Fsp3) is 0.571. The minimum Gasteiger partial charge on any atom is -0.454 e. The van der Waals surface area contributed by atoms with Gasteiger partial charge in [0, 0.05) is 11.6 Å². The first kappa shape index (κ1) is 10.6. The highest BCUT2D eigenvalue weighted by Gasteiger charge is 2.29. The van der Waals surface area contributed by atoms with E-state index in [2.05, 4.69) is 11.4 Å². The molecular formula is C14H17NO3. The number of rotatable bonds is 1. The minimum absolute atomic E-state index is 0.337. The maximum absolute atomic E-state index is 5.59. The molecule has 3 aliphatic heterocycles. The van der Waals surface area contributed by atoms with E-state index < -0.39 is 0 Å². The van der Waals surface area contributed by atoms with Gasteiger partial charge in [0.2, 0.25) is 6.79 Å². The molecule has 0 radical (unpaired) electrons. The Morgan fingerprint density at radius 3 is 3.11 bits per heavy atom. The summed E-state index contributed by atoms with van der Waals surface area (Å²) in [5.41, 5.74) is 4.03. The summed E-state index contributed by atoms with van der Waals surface area (Å²) in [5.74, 6) is 1.80. The van der Waals surface area contributed by atoms with Crippen LogP contribution in [0, 0.1) is 0 Å². The molecule has 4 rings (SSSR count). The molecule has 18 heavy (non-hydrogen) atoms. The van der Waals surface area contributed by atoms with Crippen LogP contribution in [0.5, 0.6) is 11.5 Å². The van der Waals surface area contributed by atoms with Crippen LogP contribution in [-0.4, -0.2) is 19.9 Å². The quantitative estimate of drug-likeness (QED) is 0.823. The van der Waals surface area contributed by atoms with Gasteiger partial charge in [-0.15, -0.1) is 0 Å². The lowest BCUT2D eigenvalue weighted by molar-refractivity contribution is 0.106. The van der Waals surface area contributed by atoms with E-state index in [1.165, 1.54) is 29.5 Å². The first-order chi connectivity index (χ1) is 8.93. The highest BCUT2D eigenvalue weighted by molar-refractivity contribution is 5.57. The summed E-state index contributed by atoms with van der Waals surface area (Å²) in [7, 11) is 0. The molecule has 96 valence electrons. The number of hydrogen-bond acceptors (Lipinski definition) is 4. The van der Waals surface area contributed by atoms with E-state index in [0.717, 1.165) is 31.1 Å². The summed E-state index contributed by atoms with van der Waals surface area (Å²) in [5, 5.41) is 3.58. The van der Waals surface area contributed by atoms with Crippen molar-refractivity contribution in [2.75, 3.05) is 19.9 Å². The second kappa shape index (κ2) is 4.14. The number of nitrogens with one attached hydrogen (secondary N) is 1. The molecule has 1 fully saturated rings. The standard InChI is InChI=1S/C14H17NO3/c1-2-12(15-4-1)10-6-13-14(18-8-17-13)11-7-16-5-3-9(10)11/h6,12,15H,1-5,7-8H2. The Labute approximate surface area is 106 Å². The zero-order valence-electron chi connectivity index (χ0n) is 10.3. The van der Waals surface area contributed by atoms with Crippen LogP contribution in [0.3, 0.4) is 0 Å². The highest BCUT2D eigenvalue weighted by atomic mass is 16.7. The fourth-order valence-corrected chi connectivity index (χ4v) is 3.23. The SMILES string of the molecule is c1c2c(c3c(c1C1CCCN1)CCOC3)OCO2. The normalized spacial score (nSPS) is 25.2. The van der Waals surface area contributed by atoms with E-state index >= 15 is 0 Å². The molecule has 4 heteroatoms. The molecule has 1 unspecified atom stereocenters. The Balaban J connectivity index is 1.86. The smallest absolute Gasteiger partial charge is 0.231 e. The molecule has 3 heterocycles. The average Bonchev–Trinajstić information content (AvgIpc) is 3.09. The zero-order chi connectivity index (χ0) is 11.9. The van der Waals surface area contributed by atoms with Gasteiger partial charge < -0.3 is 19.5 Å². The largest absolute Gasteiger partial charge is 0.454 e. The van der Waals surface area contributed by atoms with E-state index in [4.69, 9.17) is 14.2 Å². The van der Waals surface area contributed by atoms with Crippen LogP contribution in [0.4, 0.5) is 0 Å². The van der Waals surface area contributed by atoms with Crippen molar-refractivity contribution >= 4 is 0 Å². The lowest BCUT2D eigenvalue weighted by Gasteiger charge is -2.24. The summed E-state index contributed by atoms with van der Waals surface area (Å²) < 4.78 is 16.7. The summed E-state index contributed by atoms with van der Waals surface area (Å²) >= 11 is 0. The van der Waals surface area contributed by atoms with E-state index in [-0.39, 0.29) is 0 Å². The number of fused-ring (bicyclic) bond motifs is 3. The van der Waals surface area contributed by atoms with Crippen LogP contribution >= 0.6 is 0 Å². The molecule has 1 atom stereocenters. The summed E-state index contributed by atoms with van der Waals surface area (Å²) in [6, 6.07) is 2.65. The topological polar surface area (TPSA) is 39.7 Å². The van der Waals surface area contributed by atoms with Crippen LogP contribution in [0.15, 0.2) is 6.07 Å². The van der Waals surface area contributed by atoms with E-state index in [1.807, 2.05) is 0 Å². The number of benzene rings is 1. The first-order valence-electron chi connectivity index (χ1n) is 6.69. The predicted octanol–water partition coefficient (Wildman–Crippen LogP) is 1.91. The van der Waals surface area contributed by atoms with E-state index in [0.29, 0.717) is 19.4 Å². The third-order valence-electron chi connectivity index (χ3n) is 4.09. The Hall–Kier alpha value is -1.26. The van der Waals surface area contributed by atoms with Gasteiger partial charge in [-0.25, -0.2) is 0 Å². The molecule has 3 aliphatic rings. The van der Waals surface area contributed by atoms with Gasteiger partial charge in [0.15, 0.2) is 11.5 Å². The van der Waals surface area contributed by atoms with Gasteiger partial charge in [0.25, 0.3) is 0 Å². The Morgan fingerprint density at radius 2 is 2.22 bits per heavy atom. The molecule has 4 nitrogen and oxygen atoms in total. The molecule has 0 aliphatic carbocycles. The lowest BCUT2D eigenvalue weighted by Crippen LogP contribution is -2.19. The van der Waals surface area contributed by atoms with Crippen LogP contribution in [-0.2, 0) is 17.8 Å². The van der Waals surface area contributed by atoms with Gasteiger partial charge in [-0.2, -0.15) is 0 Å². The molecule has 1 aromatic carbocycles. The average molecular weight is 247 g/mol. The summed E-state index contributed by atoms with van der Waals surface area (Å²) in [6.45, 7) is 2.92. The van der Waals surface area contributed by atoms with Crippen molar-refractivity contribution < 1.29 is 14.2 Å². The monoisotopic (exact) mass is 247 g/mol. The van der Waals surface area contributed by atoms with Gasteiger partial charge in [-0.05, 0) is 43.0 Å². The third-order valence-corrected chi connectivity index (χ3v) is 4.09. The molecule has 1 aromatic rings. The molecule has 1 saturated heterocycles. The van der Waals surface area contributed by atoms with Gasteiger partial charge in [-0.3, -0.25) is 0 Å². The van der Waals surface area contributed by atoms with Gasteiger partial charge in [0.05, 0.1) is 13.2 Å². The second-order valence-electron chi connectivity index (χ2n) is 5.11. The Kier molecular flexibility index (Phi) is 2.45. The van der Waals surface area contributed by atoms with Crippen molar-refractivity contribution in [2.45, 2.75) is 31.9 Å². The summed E-state index contributed by atoms with van der Waals surface area (Å²) in [6.07, 6.45) is 3.46. The first-order valence-corrected chi connectivity index (χ1v) is 6.69. The maximum atomic E-state index is 5.59. The van der Waals surface area contributed by atoms with Crippen molar-refractivity contribution in [3.05, 3.63) is 22.8 Å². The van der Waals surface area contributed by atoms with E-state index in [1.54, 1.807) is 0 Å². The van der Waals surface area contributed by atoms with Crippen molar-refractivity contribution in [1.82, 2.24) is 5.32 Å². The summed E-state index contributed by atoms with van der Waals surface area (Å²) in [4.78, 5) is 0. The molecule has 0 amide bonds. The molecule has 0 spiro atoms. The van der Waals surface area contributed by atoms with Crippen LogP contribution in [0.1, 0.15) is 35.6 Å². The minimum atomic E-state index is 0.337. The number of hydrogen-bond donors (Lipinski definition) is 1.